The average Bonchev–Trinajstić information content (AvgIpc) is 3.07. The lowest BCUT2D eigenvalue weighted by Gasteiger charge is -2.04. The quantitative estimate of drug-likeness (QED) is 0.574. The number of para-hydroxylation sites is 1. The molecule has 0 atom stereocenters. The number of nitrogens with zero attached hydrogens (tertiary/aromatic N) is 1. The van der Waals surface area contributed by atoms with Crippen molar-refractivity contribution in [1.82, 2.24) is 9.97 Å². The van der Waals surface area contributed by atoms with Crippen molar-refractivity contribution in [1.29, 1.82) is 0 Å². The second-order valence-corrected chi connectivity index (χ2v) is 5.54. The number of carbonyl (C=O) groups excluding carboxylic acids is 1. The van der Waals surface area contributed by atoms with Gasteiger partial charge in [-0.25, -0.2) is 0 Å². The first-order chi connectivity index (χ1) is 12.3. The Morgan fingerprint density at radius 1 is 0.960 bits per heavy atom. The molecule has 1 amide bonds. The van der Waals surface area contributed by atoms with Gasteiger partial charge in [-0.15, -0.1) is 0 Å². The Balaban J connectivity index is 1.57. The second kappa shape index (κ2) is 6.49. The van der Waals surface area contributed by atoms with Gasteiger partial charge in [-0.2, -0.15) is 0 Å². The molecule has 0 radical (unpaired) electrons. The predicted molar refractivity (Wildman–Crippen MR) is 97.0 cm³/mol. The minimum absolute atomic E-state index is 0.213. The van der Waals surface area contributed by atoms with Gasteiger partial charge in [-0.05, 0) is 48.5 Å². The molecule has 0 fully saturated rings. The van der Waals surface area contributed by atoms with Crippen LogP contribution in [0.15, 0.2) is 79.1 Å². The fourth-order valence-corrected chi connectivity index (χ4v) is 2.56. The van der Waals surface area contributed by atoms with E-state index in [2.05, 4.69) is 15.3 Å². The fraction of sp³-hybridized carbons (Fsp3) is 0. The molecule has 4 aromatic rings. The number of ether oxygens (including phenoxy) is 1. The van der Waals surface area contributed by atoms with E-state index in [1.165, 1.54) is 0 Å². The third-order valence-electron chi connectivity index (χ3n) is 3.74. The van der Waals surface area contributed by atoms with E-state index in [0.29, 0.717) is 11.4 Å². The Hall–Kier alpha value is -3.60. The van der Waals surface area contributed by atoms with E-state index in [1.807, 2.05) is 48.5 Å². The third kappa shape index (κ3) is 3.35. The molecule has 2 aromatic heterocycles. The predicted octanol–water partition coefficient (Wildman–Crippen LogP) is 4.61. The number of aromatic nitrogens is 2. The molecule has 0 spiro atoms. The highest BCUT2D eigenvalue weighted by molar-refractivity contribution is 6.05. The maximum atomic E-state index is 12.4. The van der Waals surface area contributed by atoms with E-state index in [4.69, 9.17) is 4.74 Å². The fourth-order valence-electron chi connectivity index (χ4n) is 2.56. The Morgan fingerprint density at radius 2 is 1.84 bits per heavy atom. The minimum atomic E-state index is -0.213. The van der Waals surface area contributed by atoms with Crippen LogP contribution in [0.1, 0.15) is 10.5 Å². The van der Waals surface area contributed by atoms with E-state index in [9.17, 15) is 4.79 Å². The van der Waals surface area contributed by atoms with Crippen LogP contribution in [0, 0.1) is 0 Å². The van der Waals surface area contributed by atoms with E-state index >= 15 is 0 Å². The molecule has 25 heavy (non-hydrogen) atoms. The number of hydrogen-bond donors (Lipinski definition) is 2. The molecule has 2 heterocycles. The highest BCUT2D eigenvalue weighted by Gasteiger charge is 2.10. The smallest absolute Gasteiger partial charge is 0.272 e. The molecular weight excluding hydrogens is 314 g/mol. The van der Waals surface area contributed by atoms with E-state index in [-0.39, 0.29) is 5.91 Å². The lowest BCUT2D eigenvalue weighted by atomic mass is 10.2. The summed E-state index contributed by atoms with van der Waals surface area (Å²) in [5.41, 5.74) is 2.01. The number of aromatic amines is 1. The van der Waals surface area contributed by atoms with Crippen molar-refractivity contribution in [2.45, 2.75) is 0 Å². The van der Waals surface area contributed by atoms with Gasteiger partial charge in [0, 0.05) is 17.1 Å². The van der Waals surface area contributed by atoms with E-state index in [0.717, 1.165) is 22.4 Å². The van der Waals surface area contributed by atoms with Crippen LogP contribution in [0.25, 0.3) is 10.9 Å². The number of pyridine rings is 1. The highest BCUT2D eigenvalue weighted by atomic mass is 16.5. The zero-order valence-electron chi connectivity index (χ0n) is 13.3. The maximum absolute atomic E-state index is 12.4. The second-order valence-electron chi connectivity index (χ2n) is 5.54. The third-order valence-corrected chi connectivity index (χ3v) is 3.74. The molecular formula is C20H15N3O2. The number of amides is 1. The van der Waals surface area contributed by atoms with Crippen molar-refractivity contribution in [3.63, 3.8) is 0 Å². The Labute approximate surface area is 144 Å². The number of fused-ring (bicyclic) bond motifs is 1. The molecule has 4 rings (SSSR count). The lowest BCUT2D eigenvalue weighted by Crippen LogP contribution is -2.12. The molecule has 0 saturated carbocycles. The first-order valence-corrected chi connectivity index (χ1v) is 7.85. The summed E-state index contributed by atoms with van der Waals surface area (Å²) in [6.07, 6.45) is 3.26. The van der Waals surface area contributed by atoms with Crippen molar-refractivity contribution in [2.75, 3.05) is 5.32 Å². The summed E-state index contributed by atoms with van der Waals surface area (Å²) in [7, 11) is 0. The van der Waals surface area contributed by atoms with Gasteiger partial charge < -0.3 is 15.0 Å². The largest absolute Gasteiger partial charge is 0.457 e. The van der Waals surface area contributed by atoms with Gasteiger partial charge in [0.1, 0.15) is 17.2 Å². The number of anilines is 1. The molecule has 5 nitrogen and oxygen atoms in total. The number of hydrogen-bond acceptors (Lipinski definition) is 3. The summed E-state index contributed by atoms with van der Waals surface area (Å²) in [6.45, 7) is 0. The van der Waals surface area contributed by atoms with Crippen molar-refractivity contribution in [2.24, 2.45) is 0 Å². The minimum Gasteiger partial charge on any atom is -0.457 e. The zero-order valence-corrected chi connectivity index (χ0v) is 13.3. The first-order valence-electron chi connectivity index (χ1n) is 7.85. The highest BCUT2D eigenvalue weighted by Crippen LogP contribution is 2.26. The molecule has 5 heteroatoms. The van der Waals surface area contributed by atoms with Crippen LogP contribution in [0.4, 0.5) is 5.69 Å². The van der Waals surface area contributed by atoms with Crippen LogP contribution in [-0.2, 0) is 0 Å². The van der Waals surface area contributed by atoms with Gasteiger partial charge in [-0.3, -0.25) is 9.78 Å². The monoisotopic (exact) mass is 329 g/mol. The summed E-state index contributed by atoms with van der Waals surface area (Å²) >= 11 is 0. The van der Waals surface area contributed by atoms with E-state index in [1.54, 1.807) is 30.6 Å². The summed E-state index contributed by atoms with van der Waals surface area (Å²) in [6, 6.07) is 20.6. The summed E-state index contributed by atoms with van der Waals surface area (Å²) in [5, 5.41) is 3.72. The van der Waals surface area contributed by atoms with Crippen molar-refractivity contribution in [3.8, 4) is 11.5 Å². The van der Waals surface area contributed by atoms with Crippen LogP contribution < -0.4 is 10.1 Å². The molecule has 2 aromatic carbocycles. The lowest BCUT2D eigenvalue weighted by molar-refractivity contribution is 0.102. The molecule has 0 aliphatic heterocycles. The van der Waals surface area contributed by atoms with Crippen LogP contribution in [0.3, 0.4) is 0 Å². The number of rotatable bonds is 4. The molecule has 0 bridgehead atoms. The molecule has 0 saturated heterocycles. The van der Waals surface area contributed by atoms with Crippen molar-refractivity contribution >= 4 is 22.5 Å². The van der Waals surface area contributed by atoms with Gasteiger partial charge in [-0.1, -0.05) is 18.2 Å². The SMILES string of the molecule is O=C(Nc1cccnc1)c1cc2cc(Oc3ccccc3)ccc2[nH]1. The number of nitrogens with one attached hydrogen (secondary N) is 2. The number of carbonyl (C=O) groups is 1. The average molecular weight is 329 g/mol. The van der Waals surface area contributed by atoms with Crippen LogP contribution >= 0.6 is 0 Å². The zero-order chi connectivity index (χ0) is 17.1. The standard InChI is InChI=1S/C20H15N3O2/c24-20(22-15-5-4-10-21-13-15)19-12-14-11-17(8-9-18(14)23-19)25-16-6-2-1-3-7-16/h1-13,23H,(H,22,24). The van der Waals surface area contributed by atoms with Crippen LogP contribution in [0.5, 0.6) is 11.5 Å². The van der Waals surface area contributed by atoms with Gasteiger partial charge in [0.05, 0.1) is 11.9 Å². The Morgan fingerprint density at radius 3 is 2.64 bits per heavy atom. The van der Waals surface area contributed by atoms with Crippen molar-refractivity contribution in [3.05, 3.63) is 84.8 Å². The normalized spacial score (nSPS) is 10.6. The molecule has 122 valence electrons. The molecule has 0 unspecified atom stereocenters. The van der Waals surface area contributed by atoms with E-state index < -0.39 is 0 Å². The first kappa shape index (κ1) is 15.0. The van der Waals surface area contributed by atoms with Crippen LogP contribution in [0.2, 0.25) is 0 Å². The molecule has 2 N–H and O–H groups in total. The van der Waals surface area contributed by atoms with Crippen LogP contribution in [-0.4, -0.2) is 15.9 Å². The number of benzene rings is 2. The summed E-state index contributed by atoms with van der Waals surface area (Å²) < 4.78 is 5.83. The van der Waals surface area contributed by atoms with Crippen molar-refractivity contribution < 1.29 is 9.53 Å². The Bertz CT molecular complexity index is 1010. The van der Waals surface area contributed by atoms with Gasteiger partial charge >= 0.3 is 0 Å². The molecule has 0 aliphatic rings. The summed E-state index contributed by atoms with van der Waals surface area (Å²) in [4.78, 5) is 19.5. The topological polar surface area (TPSA) is 67.0 Å². The Kier molecular flexibility index (Phi) is 3.88. The molecule has 0 aliphatic carbocycles. The number of H-pyrrole nitrogens is 1. The van der Waals surface area contributed by atoms with Gasteiger partial charge in [0.15, 0.2) is 0 Å². The maximum Gasteiger partial charge on any atom is 0.272 e. The van der Waals surface area contributed by atoms with Gasteiger partial charge in [0.2, 0.25) is 0 Å². The summed E-state index contributed by atoms with van der Waals surface area (Å²) in [5.74, 6) is 1.28. The van der Waals surface area contributed by atoms with Gasteiger partial charge in [0.25, 0.3) is 5.91 Å².